The number of halogens is 1. The summed E-state index contributed by atoms with van der Waals surface area (Å²) in [6, 6.07) is 14.4. The van der Waals surface area contributed by atoms with Gasteiger partial charge < -0.3 is 5.32 Å². The predicted octanol–water partition coefficient (Wildman–Crippen LogP) is 1.43. The zero-order valence-corrected chi connectivity index (χ0v) is 18.4. The Morgan fingerprint density at radius 2 is 1.61 bits per heavy atom. The molecule has 168 valence electrons. The Kier molecular flexibility index (Phi) is 8.14. The number of nitrogens with one attached hydrogen (secondary N) is 2. The van der Waals surface area contributed by atoms with Crippen molar-refractivity contribution in [3.8, 4) is 0 Å². The number of nitrogens with zero attached hydrogens (tertiary/aromatic N) is 2. The first kappa shape index (κ1) is 23.3. The van der Waals surface area contributed by atoms with Gasteiger partial charge in [-0.25, -0.2) is 12.8 Å². The molecule has 7 nitrogen and oxygen atoms in total. The van der Waals surface area contributed by atoms with Gasteiger partial charge in [-0.15, -0.1) is 0 Å². The molecule has 1 amide bonds. The lowest BCUT2D eigenvalue weighted by molar-refractivity contribution is -0.122. The van der Waals surface area contributed by atoms with Gasteiger partial charge in [0.15, 0.2) is 0 Å². The lowest BCUT2D eigenvalue weighted by atomic mass is 10.2. The highest BCUT2D eigenvalue weighted by Gasteiger charge is 2.24. The SMILES string of the molecule is C[C@H](NS(=O)(=O)c1ccccc1F)C(=O)NCCN1CCN(Cc2ccccc2)CC1. The summed E-state index contributed by atoms with van der Waals surface area (Å²) in [7, 11) is -4.11. The lowest BCUT2D eigenvalue weighted by Crippen LogP contribution is -2.50. The highest BCUT2D eigenvalue weighted by atomic mass is 32.2. The number of piperazine rings is 1. The molecule has 2 aromatic rings. The van der Waals surface area contributed by atoms with E-state index in [0.29, 0.717) is 13.1 Å². The largest absolute Gasteiger partial charge is 0.353 e. The van der Waals surface area contributed by atoms with Crippen molar-refractivity contribution in [3.05, 3.63) is 66.0 Å². The summed E-state index contributed by atoms with van der Waals surface area (Å²) >= 11 is 0. The van der Waals surface area contributed by atoms with E-state index < -0.39 is 32.7 Å². The molecule has 1 aliphatic rings. The molecule has 0 aromatic heterocycles. The Morgan fingerprint density at radius 1 is 1.00 bits per heavy atom. The fourth-order valence-electron chi connectivity index (χ4n) is 3.52. The van der Waals surface area contributed by atoms with E-state index in [1.807, 2.05) is 18.2 Å². The number of hydrogen-bond acceptors (Lipinski definition) is 5. The first-order valence-corrected chi connectivity index (χ1v) is 11.9. The molecule has 0 unspecified atom stereocenters. The molecule has 0 spiro atoms. The van der Waals surface area contributed by atoms with Crippen LogP contribution in [0.5, 0.6) is 0 Å². The molecule has 0 bridgehead atoms. The fourth-order valence-corrected chi connectivity index (χ4v) is 4.80. The van der Waals surface area contributed by atoms with Crippen molar-refractivity contribution in [2.75, 3.05) is 39.3 Å². The van der Waals surface area contributed by atoms with Gasteiger partial charge >= 0.3 is 0 Å². The van der Waals surface area contributed by atoms with Crippen molar-refractivity contribution >= 4 is 15.9 Å². The Hall–Kier alpha value is -2.33. The molecule has 9 heteroatoms. The summed E-state index contributed by atoms with van der Waals surface area (Å²) in [6.45, 7) is 7.24. The van der Waals surface area contributed by atoms with Crippen LogP contribution in [0, 0.1) is 5.82 Å². The Balaban J connectivity index is 1.38. The van der Waals surface area contributed by atoms with Gasteiger partial charge in [-0.05, 0) is 24.6 Å². The van der Waals surface area contributed by atoms with Crippen LogP contribution in [0.3, 0.4) is 0 Å². The molecule has 1 atom stereocenters. The molecule has 0 saturated carbocycles. The summed E-state index contributed by atoms with van der Waals surface area (Å²) in [5, 5.41) is 2.75. The quantitative estimate of drug-likeness (QED) is 0.607. The maximum absolute atomic E-state index is 13.8. The molecular weight excluding hydrogens is 419 g/mol. The third-order valence-electron chi connectivity index (χ3n) is 5.29. The van der Waals surface area contributed by atoms with Crippen molar-refractivity contribution in [2.24, 2.45) is 0 Å². The van der Waals surface area contributed by atoms with E-state index in [1.165, 1.54) is 30.7 Å². The molecule has 1 aliphatic heterocycles. The molecule has 2 N–H and O–H groups in total. The van der Waals surface area contributed by atoms with Crippen LogP contribution < -0.4 is 10.0 Å². The fraction of sp³-hybridized carbons (Fsp3) is 0.409. The van der Waals surface area contributed by atoms with E-state index in [0.717, 1.165) is 38.8 Å². The molecule has 1 heterocycles. The second kappa shape index (κ2) is 10.8. The monoisotopic (exact) mass is 448 g/mol. The van der Waals surface area contributed by atoms with Crippen molar-refractivity contribution in [3.63, 3.8) is 0 Å². The zero-order chi connectivity index (χ0) is 22.3. The molecule has 1 saturated heterocycles. The average molecular weight is 449 g/mol. The van der Waals surface area contributed by atoms with Crippen LogP contribution >= 0.6 is 0 Å². The molecule has 0 aliphatic carbocycles. The Labute approximate surface area is 183 Å². The van der Waals surface area contributed by atoms with Crippen LogP contribution in [0.1, 0.15) is 12.5 Å². The van der Waals surface area contributed by atoms with Gasteiger partial charge in [-0.2, -0.15) is 4.72 Å². The van der Waals surface area contributed by atoms with Crippen molar-refractivity contribution < 1.29 is 17.6 Å². The minimum absolute atomic E-state index is 0.420. The van der Waals surface area contributed by atoms with Gasteiger partial charge in [0.2, 0.25) is 15.9 Å². The van der Waals surface area contributed by atoms with E-state index in [1.54, 1.807) is 0 Å². The van der Waals surface area contributed by atoms with E-state index >= 15 is 0 Å². The lowest BCUT2D eigenvalue weighted by Gasteiger charge is -2.34. The van der Waals surface area contributed by atoms with Crippen molar-refractivity contribution in [2.45, 2.75) is 24.4 Å². The number of benzene rings is 2. The normalized spacial score (nSPS) is 16.7. The Morgan fingerprint density at radius 3 is 2.29 bits per heavy atom. The van der Waals surface area contributed by atoms with Crippen LogP contribution in [0.4, 0.5) is 4.39 Å². The number of carbonyl (C=O) groups excluding carboxylic acids is 1. The molecule has 3 rings (SSSR count). The van der Waals surface area contributed by atoms with Crippen LogP contribution in [-0.2, 0) is 21.4 Å². The summed E-state index contributed by atoms with van der Waals surface area (Å²) < 4.78 is 40.6. The maximum Gasteiger partial charge on any atom is 0.244 e. The first-order valence-electron chi connectivity index (χ1n) is 10.4. The van der Waals surface area contributed by atoms with Crippen molar-refractivity contribution in [1.82, 2.24) is 19.8 Å². The van der Waals surface area contributed by atoms with Gasteiger partial charge in [-0.1, -0.05) is 42.5 Å². The van der Waals surface area contributed by atoms with Gasteiger partial charge in [0.1, 0.15) is 10.7 Å². The van der Waals surface area contributed by atoms with E-state index in [2.05, 4.69) is 32.0 Å². The molecule has 1 fully saturated rings. The third kappa shape index (κ3) is 6.83. The number of carbonyl (C=O) groups is 1. The minimum atomic E-state index is -4.11. The predicted molar refractivity (Wildman–Crippen MR) is 117 cm³/mol. The van der Waals surface area contributed by atoms with Gasteiger partial charge in [-0.3, -0.25) is 14.6 Å². The highest BCUT2D eigenvalue weighted by molar-refractivity contribution is 7.89. The zero-order valence-electron chi connectivity index (χ0n) is 17.6. The number of rotatable bonds is 9. The van der Waals surface area contributed by atoms with E-state index in [9.17, 15) is 17.6 Å². The maximum atomic E-state index is 13.8. The topological polar surface area (TPSA) is 81.7 Å². The second-order valence-corrected chi connectivity index (χ2v) is 9.35. The summed E-state index contributed by atoms with van der Waals surface area (Å²) in [5.41, 5.74) is 1.30. The van der Waals surface area contributed by atoms with Crippen LogP contribution in [0.25, 0.3) is 0 Å². The van der Waals surface area contributed by atoms with Gasteiger partial charge in [0, 0.05) is 45.8 Å². The highest BCUT2D eigenvalue weighted by Crippen LogP contribution is 2.13. The third-order valence-corrected chi connectivity index (χ3v) is 6.87. The molecular formula is C22H29FN4O3S. The number of hydrogen-bond donors (Lipinski definition) is 2. The summed E-state index contributed by atoms with van der Waals surface area (Å²) in [6.07, 6.45) is 0. The van der Waals surface area contributed by atoms with E-state index in [-0.39, 0.29) is 0 Å². The number of amides is 1. The summed E-state index contributed by atoms with van der Waals surface area (Å²) in [4.78, 5) is 16.5. The van der Waals surface area contributed by atoms with Crippen LogP contribution in [0.15, 0.2) is 59.5 Å². The van der Waals surface area contributed by atoms with Crippen LogP contribution in [-0.4, -0.2) is 69.4 Å². The minimum Gasteiger partial charge on any atom is -0.353 e. The smallest absolute Gasteiger partial charge is 0.244 e. The van der Waals surface area contributed by atoms with Crippen LogP contribution in [0.2, 0.25) is 0 Å². The molecule has 2 aromatic carbocycles. The second-order valence-electron chi connectivity index (χ2n) is 7.67. The molecule has 31 heavy (non-hydrogen) atoms. The first-order chi connectivity index (χ1) is 14.8. The standard InChI is InChI=1S/C22H29FN4O3S/c1-18(25-31(29,30)21-10-6-5-9-20(21)23)22(28)24-11-12-26-13-15-27(16-14-26)17-19-7-3-2-4-8-19/h2-10,18,25H,11-17H2,1H3,(H,24,28)/t18-/m0/s1. The van der Waals surface area contributed by atoms with Crippen molar-refractivity contribution in [1.29, 1.82) is 0 Å². The van der Waals surface area contributed by atoms with E-state index in [4.69, 9.17) is 0 Å². The average Bonchev–Trinajstić information content (AvgIpc) is 2.75. The van der Waals surface area contributed by atoms with Gasteiger partial charge in [0.05, 0.1) is 6.04 Å². The number of sulfonamides is 1. The molecule has 0 radical (unpaired) electrons. The van der Waals surface area contributed by atoms with Gasteiger partial charge in [0.25, 0.3) is 0 Å². The Bertz CT molecular complexity index is 964. The summed E-state index contributed by atoms with van der Waals surface area (Å²) in [5.74, 6) is -1.29.